The van der Waals surface area contributed by atoms with Gasteiger partial charge in [0.15, 0.2) is 0 Å². The van der Waals surface area contributed by atoms with Crippen LogP contribution in [0.1, 0.15) is 29.8 Å². The van der Waals surface area contributed by atoms with E-state index in [9.17, 15) is 27.2 Å². The monoisotopic (exact) mass is 307 g/mol. The molecule has 1 rings (SSSR count). The van der Waals surface area contributed by atoms with E-state index in [0.717, 1.165) is 6.07 Å². The second-order valence-corrected chi connectivity index (χ2v) is 4.14. The molecule has 0 aliphatic heterocycles. The molecule has 0 aliphatic rings. The van der Waals surface area contributed by atoms with Crippen LogP contribution in [0, 0.1) is 5.82 Å². The van der Waals surface area contributed by atoms with Crippen molar-refractivity contribution in [2.75, 3.05) is 6.61 Å². The largest absolute Gasteiger partial charge is 0.464 e. The van der Waals surface area contributed by atoms with Crippen LogP contribution in [0.4, 0.5) is 17.6 Å². The Labute approximate surface area is 118 Å². The quantitative estimate of drug-likeness (QED) is 0.687. The van der Waals surface area contributed by atoms with Gasteiger partial charge in [-0.25, -0.2) is 9.18 Å². The van der Waals surface area contributed by atoms with Crippen LogP contribution in [0.25, 0.3) is 0 Å². The van der Waals surface area contributed by atoms with Gasteiger partial charge in [0.1, 0.15) is 11.9 Å². The van der Waals surface area contributed by atoms with Gasteiger partial charge in [-0.15, -0.1) is 0 Å². The van der Waals surface area contributed by atoms with Crippen LogP contribution in [-0.4, -0.2) is 24.5 Å². The summed E-state index contributed by atoms with van der Waals surface area (Å²) < 4.78 is 55.4. The molecular formula is C13H13F4NO3. The second kappa shape index (κ2) is 6.55. The molecule has 1 amide bonds. The molecule has 0 fully saturated rings. The Kier molecular flexibility index (Phi) is 5.28. The molecule has 0 bridgehead atoms. The molecule has 0 saturated heterocycles. The van der Waals surface area contributed by atoms with E-state index in [2.05, 4.69) is 10.1 Å². The highest BCUT2D eigenvalue weighted by Gasteiger charge is 2.34. The Balaban J connectivity index is 2.91. The highest BCUT2D eigenvalue weighted by atomic mass is 19.4. The first-order chi connectivity index (χ1) is 9.66. The zero-order valence-corrected chi connectivity index (χ0v) is 11.3. The summed E-state index contributed by atoms with van der Waals surface area (Å²) in [5, 5.41) is 2.18. The van der Waals surface area contributed by atoms with Crippen molar-refractivity contribution in [3.05, 3.63) is 35.1 Å². The summed E-state index contributed by atoms with van der Waals surface area (Å²) in [6.07, 6.45) is -4.91. The van der Waals surface area contributed by atoms with Gasteiger partial charge >= 0.3 is 12.1 Å². The fourth-order valence-corrected chi connectivity index (χ4v) is 1.49. The lowest BCUT2D eigenvalue weighted by atomic mass is 10.1. The maximum Gasteiger partial charge on any atom is 0.419 e. The van der Waals surface area contributed by atoms with Crippen molar-refractivity contribution in [2.24, 2.45) is 0 Å². The van der Waals surface area contributed by atoms with Crippen molar-refractivity contribution < 1.29 is 31.9 Å². The van der Waals surface area contributed by atoms with Crippen LogP contribution in [-0.2, 0) is 15.7 Å². The Morgan fingerprint density at radius 1 is 1.33 bits per heavy atom. The van der Waals surface area contributed by atoms with Gasteiger partial charge in [-0.05, 0) is 32.0 Å². The van der Waals surface area contributed by atoms with E-state index in [1.165, 1.54) is 6.92 Å². The van der Waals surface area contributed by atoms with Crippen molar-refractivity contribution in [3.8, 4) is 0 Å². The number of ether oxygens (including phenoxy) is 1. The van der Waals surface area contributed by atoms with Crippen LogP contribution >= 0.6 is 0 Å². The van der Waals surface area contributed by atoms with Gasteiger partial charge in [-0.3, -0.25) is 4.79 Å². The zero-order chi connectivity index (χ0) is 16.2. The molecule has 1 aromatic carbocycles. The fourth-order valence-electron chi connectivity index (χ4n) is 1.49. The van der Waals surface area contributed by atoms with Gasteiger partial charge in [0.25, 0.3) is 5.91 Å². The van der Waals surface area contributed by atoms with Gasteiger partial charge in [0.2, 0.25) is 0 Å². The number of amides is 1. The first kappa shape index (κ1) is 16.9. The van der Waals surface area contributed by atoms with E-state index in [4.69, 9.17) is 0 Å². The third-order valence-corrected chi connectivity index (χ3v) is 2.52. The Hall–Kier alpha value is -2.12. The number of carbonyl (C=O) groups excluding carboxylic acids is 2. The first-order valence-corrected chi connectivity index (χ1v) is 6.01. The molecule has 21 heavy (non-hydrogen) atoms. The third kappa shape index (κ3) is 4.44. The van der Waals surface area contributed by atoms with Crippen molar-refractivity contribution in [2.45, 2.75) is 26.1 Å². The summed E-state index contributed by atoms with van der Waals surface area (Å²) in [7, 11) is 0. The summed E-state index contributed by atoms with van der Waals surface area (Å²) in [6.45, 7) is 3.00. The van der Waals surface area contributed by atoms with Crippen molar-refractivity contribution in [1.29, 1.82) is 0 Å². The van der Waals surface area contributed by atoms with E-state index in [1.54, 1.807) is 6.92 Å². The minimum Gasteiger partial charge on any atom is -0.464 e. The molecule has 1 unspecified atom stereocenters. The number of rotatable bonds is 4. The average Bonchev–Trinajstić information content (AvgIpc) is 2.37. The number of benzene rings is 1. The van der Waals surface area contributed by atoms with Gasteiger partial charge in [0, 0.05) is 5.56 Å². The number of carbonyl (C=O) groups is 2. The maximum absolute atomic E-state index is 13.1. The Bertz CT molecular complexity index is 543. The van der Waals surface area contributed by atoms with E-state index in [-0.39, 0.29) is 6.61 Å². The molecule has 1 N–H and O–H groups in total. The third-order valence-electron chi connectivity index (χ3n) is 2.52. The van der Waals surface area contributed by atoms with Crippen LogP contribution in [0.5, 0.6) is 0 Å². The minimum atomic E-state index is -4.91. The molecule has 8 heteroatoms. The fraction of sp³-hybridized carbons (Fsp3) is 0.385. The van der Waals surface area contributed by atoms with Crippen molar-refractivity contribution in [1.82, 2.24) is 5.32 Å². The first-order valence-electron chi connectivity index (χ1n) is 6.01. The molecule has 1 atom stereocenters. The van der Waals surface area contributed by atoms with Crippen LogP contribution in [0.3, 0.4) is 0 Å². The van der Waals surface area contributed by atoms with E-state index < -0.39 is 41.0 Å². The average molecular weight is 307 g/mol. The summed E-state index contributed by atoms with van der Waals surface area (Å²) >= 11 is 0. The maximum atomic E-state index is 13.1. The zero-order valence-electron chi connectivity index (χ0n) is 11.3. The number of hydrogen-bond acceptors (Lipinski definition) is 3. The van der Waals surface area contributed by atoms with Crippen LogP contribution < -0.4 is 5.32 Å². The molecular weight excluding hydrogens is 294 g/mol. The van der Waals surface area contributed by atoms with Crippen molar-refractivity contribution >= 4 is 11.9 Å². The molecule has 0 aromatic heterocycles. The standard InChI is InChI=1S/C13H13F4NO3/c1-3-21-12(20)7(2)18-11(19)8-4-5-10(14)9(6-8)13(15,16)17/h4-7H,3H2,1-2H3,(H,18,19). The van der Waals surface area contributed by atoms with Gasteiger partial charge < -0.3 is 10.1 Å². The normalized spacial score (nSPS) is 12.7. The molecule has 0 heterocycles. The molecule has 0 radical (unpaired) electrons. The highest BCUT2D eigenvalue weighted by molar-refractivity contribution is 5.96. The molecule has 1 aromatic rings. The SMILES string of the molecule is CCOC(=O)C(C)NC(=O)c1ccc(F)c(C(F)(F)F)c1. The Morgan fingerprint density at radius 3 is 2.48 bits per heavy atom. The number of alkyl halides is 3. The van der Waals surface area contributed by atoms with E-state index in [1.807, 2.05) is 0 Å². The molecule has 0 spiro atoms. The Morgan fingerprint density at radius 2 is 1.95 bits per heavy atom. The van der Waals surface area contributed by atoms with Gasteiger partial charge in [0.05, 0.1) is 12.2 Å². The predicted octanol–water partition coefficient (Wildman–Crippen LogP) is 2.53. The molecule has 116 valence electrons. The molecule has 0 saturated carbocycles. The van der Waals surface area contributed by atoms with Crippen LogP contribution in [0.2, 0.25) is 0 Å². The van der Waals surface area contributed by atoms with E-state index >= 15 is 0 Å². The van der Waals surface area contributed by atoms with Crippen molar-refractivity contribution in [3.63, 3.8) is 0 Å². The number of hydrogen-bond donors (Lipinski definition) is 1. The van der Waals surface area contributed by atoms with E-state index in [0.29, 0.717) is 12.1 Å². The lowest BCUT2D eigenvalue weighted by Crippen LogP contribution is -2.39. The number of esters is 1. The summed E-state index contributed by atoms with van der Waals surface area (Å²) in [5.41, 5.74) is -1.95. The lowest BCUT2D eigenvalue weighted by Gasteiger charge is -2.14. The highest BCUT2D eigenvalue weighted by Crippen LogP contribution is 2.31. The molecule has 0 aliphatic carbocycles. The topological polar surface area (TPSA) is 55.4 Å². The smallest absolute Gasteiger partial charge is 0.419 e. The summed E-state index contributed by atoms with van der Waals surface area (Å²) in [5.74, 6) is -3.12. The van der Waals surface area contributed by atoms with Crippen LogP contribution in [0.15, 0.2) is 18.2 Å². The molecule has 4 nitrogen and oxygen atoms in total. The number of nitrogens with one attached hydrogen (secondary N) is 1. The lowest BCUT2D eigenvalue weighted by molar-refractivity contribution is -0.145. The summed E-state index contributed by atoms with van der Waals surface area (Å²) in [4.78, 5) is 23.1. The predicted molar refractivity (Wildman–Crippen MR) is 65.0 cm³/mol. The summed E-state index contributed by atoms with van der Waals surface area (Å²) in [6, 6.07) is 0.810. The van der Waals surface area contributed by atoms with Gasteiger partial charge in [-0.2, -0.15) is 13.2 Å². The van der Waals surface area contributed by atoms with Gasteiger partial charge in [-0.1, -0.05) is 0 Å². The second-order valence-electron chi connectivity index (χ2n) is 4.14. The minimum absolute atomic E-state index is 0.105. The number of halogens is 4.